The van der Waals surface area contributed by atoms with Gasteiger partial charge in [-0.1, -0.05) is 0 Å². The van der Waals surface area contributed by atoms with Gasteiger partial charge < -0.3 is 15.0 Å². The highest BCUT2D eigenvalue weighted by Gasteiger charge is 2.18. The number of nitrogens with zero attached hydrogens (tertiary/aromatic N) is 1. The Balaban J connectivity index is 1.55. The summed E-state index contributed by atoms with van der Waals surface area (Å²) >= 11 is 1.57. The van der Waals surface area contributed by atoms with Crippen molar-refractivity contribution in [3.05, 3.63) is 51.7 Å². The van der Waals surface area contributed by atoms with E-state index in [0.29, 0.717) is 24.9 Å². The molecule has 1 aliphatic rings. The average Bonchev–Trinajstić information content (AvgIpc) is 3.11. The van der Waals surface area contributed by atoms with Crippen molar-refractivity contribution < 1.29 is 19.1 Å². The fourth-order valence-electron chi connectivity index (χ4n) is 2.58. The summed E-state index contributed by atoms with van der Waals surface area (Å²) < 4.78 is 5.13. The number of amides is 2. The lowest BCUT2D eigenvalue weighted by atomic mass is 10.0. The number of hydrogen-bond donors (Lipinski definition) is 1. The number of ether oxygens (including phenoxy) is 1. The van der Waals surface area contributed by atoms with Crippen molar-refractivity contribution in [2.24, 2.45) is 0 Å². The fraction of sp³-hybridized carbons (Fsp3) is 0.278. The molecule has 1 aromatic carbocycles. The van der Waals surface area contributed by atoms with Gasteiger partial charge >= 0.3 is 5.97 Å². The molecule has 1 N–H and O–H groups in total. The molecule has 1 aliphatic heterocycles. The lowest BCUT2D eigenvalue weighted by Gasteiger charge is -2.18. The van der Waals surface area contributed by atoms with Crippen molar-refractivity contribution in [1.82, 2.24) is 4.90 Å². The van der Waals surface area contributed by atoms with Crippen molar-refractivity contribution in [3.8, 4) is 0 Å². The second-order valence-electron chi connectivity index (χ2n) is 5.88. The maximum atomic E-state index is 12.2. The first-order valence-electron chi connectivity index (χ1n) is 7.88. The molecular formula is C18H18N2O4S. The Hall–Kier alpha value is -2.67. The highest BCUT2D eigenvalue weighted by atomic mass is 32.1. The highest BCUT2D eigenvalue weighted by molar-refractivity contribution is 7.07. The summed E-state index contributed by atoms with van der Waals surface area (Å²) in [5.41, 5.74) is 3.04. The molecule has 3 rings (SSSR count). The zero-order valence-electron chi connectivity index (χ0n) is 13.8. The van der Waals surface area contributed by atoms with Gasteiger partial charge in [0.25, 0.3) is 5.91 Å². The number of hydrogen-bond acceptors (Lipinski definition) is 5. The molecule has 1 aromatic heterocycles. The van der Waals surface area contributed by atoms with Gasteiger partial charge in [0.2, 0.25) is 5.91 Å². The Morgan fingerprint density at radius 1 is 1.28 bits per heavy atom. The number of likely N-dealkylation sites (N-methyl/N-ethyl adjacent to an activating group) is 1. The molecule has 0 saturated heterocycles. The third-order valence-electron chi connectivity index (χ3n) is 3.99. The Bertz CT molecular complexity index is 801. The monoisotopic (exact) mass is 358 g/mol. The van der Waals surface area contributed by atoms with Gasteiger partial charge in [0.15, 0.2) is 6.61 Å². The molecule has 130 valence electrons. The normalized spacial score (nSPS) is 12.9. The zero-order valence-corrected chi connectivity index (χ0v) is 14.6. The van der Waals surface area contributed by atoms with E-state index in [1.807, 2.05) is 16.8 Å². The first-order valence-corrected chi connectivity index (χ1v) is 8.82. The molecule has 0 saturated carbocycles. The quantitative estimate of drug-likeness (QED) is 0.833. The third-order valence-corrected chi connectivity index (χ3v) is 4.72. The zero-order chi connectivity index (χ0) is 17.8. The van der Waals surface area contributed by atoms with Crippen molar-refractivity contribution in [2.75, 3.05) is 19.0 Å². The smallest absolute Gasteiger partial charge is 0.338 e. The highest BCUT2D eigenvalue weighted by Crippen LogP contribution is 2.23. The molecule has 6 nitrogen and oxygen atoms in total. The molecule has 0 atom stereocenters. The Morgan fingerprint density at radius 3 is 2.88 bits per heavy atom. The van der Waals surface area contributed by atoms with Crippen LogP contribution in [0.5, 0.6) is 0 Å². The van der Waals surface area contributed by atoms with Crippen LogP contribution in [0.1, 0.15) is 27.9 Å². The van der Waals surface area contributed by atoms with E-state index in [0.717, 1.165) is 16.8 Å². The van der Waals surface area contributed by atoms with Gasteiger partial charge in [-0.05, 0) is 52.6 Å². The van der Waals surface area contributed by atoms with Crippen LogP contribution in [0.3, 0.4) is 0 Å². The lowest BCUT2D eigenvalue weighted by Crippen LogP contribution is -2.30. The molecule has 0 unspecified atom stereocenters. The molecule has 0 bridgehead atoms. The predicted octanol–water partition coefficient (Wildman–Crippen LogP) is 2.45. The number of benzene rings is 1. The summed E-state index contributed by atoms with van der Waals surface area (Å²) in [4.78, 5) is 37.1. The molecule has 2 aromatic rings. The van der Waals surface area contributed by atoms with E-state index < -0.39 is 5.97 Å². The second kappa shape index (κ2) is 7.48. The second-order valence-corrected chi connectivity index (χ2v) is 6.66. The largest absolute Gasteiger partial charge is 0.452 e. The third kappa shape index (κ3) is 4.24. The van der Waals surface area contributed by atoms with E-state index in [4.69, 9.17) is 4.74 Å². The summed E-state index contributed by atoms with van der Waals surface area (Å²) in [5, 5.41) is 6.69. The number of carbonyl (C=O) groups excluding carboxylic acids is 3. The van der Waals surface area contributed by atoms with Crippen LogP contribution in [0, 0.1) is 0 Å². The predicted molar refractivity (Wildman–Crippen MR) is 94.5 cm³/mol. The number of nitrogens with one attached hydrogen (secondary N) is 1. The SMILES string of the molecule is CN(Cc1ccsc1)C(=O)COC(=O)c1ccc2c(c1)CCC(=O)N2. The Morgan fingerprint density at radius 2 is 2.12 bits per heavy atom. The van der Waals surface area contributed by atoms with Crippen LogP contribution >= 0.6 is 11.3 Å². The lowest BCUT2D eigenvalue weighted by molar-refractivity contribution is -0.133. The van der Waals surface area contributed by atoms with Crippen LogP contribution in [0.4, 0.5) is 5.69 Å². The molecule has 2 heterocycles. The number of thiophene rings is 1. The van der Waals surface area contributed by atoms with Crippen LogP contribution < -0.4 is 5.32 Å². The topological polar surface area (TPSA) is 75.7 Å². The van der Waals surface area contributed by atoms with Crippen LogP contribution in [-0.4, -0.2) is 36.3 Å². The van der Waals surface area contributed by atoms with E-state index in [9.17, 15) is 14.4 Å². The minimum absolute atomic E-state index is 0.0258. The minimum atomic E-state index is -0.544. The summed E-state index contributed by atoms with van der Waals surface area (Å²) in [7, 11) is 1.68. The van der Waals surface area contributed by atoms with Crippen LogP contribution in [-0.2, 0) is 27.3 Å². The molecular weight excluding hydrogens is 340 g/mol. The number of carbonyl (C=O) groups is 3. The van der Waals surface area contributed by atoms with E-state index in [-0.39, 0.29) is 18.4 Å². The van der Waals surface area contributed by atoms with Crippen LogP contribution in [0.25, 0.3) is 0 Å². The van der Waals surface area contributed by atoms with E-state index >= 15 is 0 Å². The molecule has 0 fully saturated rings. The number of esters is 1. The van der Waals surface area contributed by atoms with Crippen LogP contribution in [0.2, 0.25) is 0 Å². The van der Waals surface area contributed by atoms with E-state index in [1.165, 1.54) is 4.90 Å². The first-order chi connectivity index (χ1) is 12.0. The molecule has 2 amide bonds. The summed E-state index contributed by atoms with van der Waals surface area (Å²) in [6, 6.07) is 6.93. The Kier molecular flexibility index (Phi) is 5.14. The number of anilines is 1. The molecule has 0 aliphatic carbocycles. The standard InChI is InChI=1S/C18H18N2O4S/c1-20(9-12-6-7-25-11-12)17(22)10-24-18(23)14-2-4-15-13(8-14)3-5-16(21)19-15/h2,4,6-8,11H,3,5,9-10H2,1H3,(H,19,21). The van der Waals surface area contributed by atoms with E-state index in [2.05, 4.69) is 5.32 Å². The number of aryl methyl sites for hydroxylation is 1. The molecule has 25 heavy (non-hydrogen) atoms. The van der Waals surface area contributed by atoms with Gasteiger partial charge in [0.05, 0.1) is 5.56 Å². The van der Waals surface area contributed by atoms with Crippen molar-refractivity contribution in [2.45, 2.75) is 19.4 Å². The fourth-order valence-corrected chi connectivity index (χ4v) is 3.24. The van der Waals surface area contributed by atoms with Gasteiger partial charge in [0, 0.05) is 25.7 Å². The van der Waals surface area contributed by atoms with E-state index in [1.54, 1.807) is 36.6 Å². The van der Waals surface area contributed by atoms with Gasteiger partial charge in [0.1, 0.15) is 0 Å². The van der Waals surface area contributed by atoms with Gasteiger partial charge in [-0.2, -0.15) is 11.3 Å². The van der Waals surface area contributed by atoms with Crippen molar-refractivity contribution in [3.63, 3.8) is 0 Å². The van der Waals surface area contributed by atoms with Gasteiger partial charge in [-0.15, -0.1) is 0 Å². The van der Waals surface area contributed by atoms with Gasteiger partial charge in [-0.3, -0.25) is 9.59 Å². The maximum Gasteiger partial charge on any atom is 0.338 e. The average molecular weight is 358 g/mol. The summed E-state index contributed by atoms with van der Waals surface area (Å²) in [6.07, 6.45) is 0.988. The molecule has 0 spiro atoms. The molecule has 0 radical (unpaired) electrons. The number of fused-ring (bicyclic) bond motifs is 1. The minimum Gasteiger partial charge on any atom is -0.452 e. The van der Waals surface area contributed by atoms with Crippen LogP contribution in [0.15, 0.2) is 35.0 Å². The van der Waals surface area contributed by atoms with Crippen molar-refractivity contribution in [1.29, 1.82) is 0 Å². The van der Waals surface area contributed by atoms with Gasteiger partial charge in [-0.25, -0.2) is 4.79 Å². The molecule has 7 heteroatoms. The summed E-state index contributed by atoms with van der Waals surface area (Å²) in [5.74, 6) is -0.830. The first kappa shape index (κ1) is 17.2. The maximum absolute atomic E-state index is 12.2. The number of rotatable bonds is 5. The Labute approximate surface area is 149 Å². The van der Waals surface area contributed by atoms with Crippen molar-refractivity contribution >= 4 is 34.8 Å². The summed E-state index contributed by atoms with van der Waals surface area (Å²) in [6.45, 7) is 0.186.